The van der Waals surface area contributed by atoms with Crippen LogP contribution in [0.3, 0.4) is 0 Å². The normalized spacial score (nSPS) is 27.9. The molecule has 2 aliphatic rings. The predicted molar refractivity (Wildman–Crippen MR) is 80.1 cm³/mol. The molecule has 2 unspecified atom stereocenters. The molecule has 0 bridgehead atoms. The number of likely N-dealkylation sites (tertiary alicyclic amines) is 1. The summed E-state index contributed by atoms with van der Waals surface area (Å²) in [7, 11) is 0. The number of carbonyl (C=O) groups is 1. The first kappa shape index (κ1) is 14.4. The van der Waals surface area contributed by atoms with Crippen LogP contribution < -0.4 is 0 Å². The van der Waals surface area contributed by atoms with Crippen molar-refractivity contribution >= 4 is 6.09 Å². The molecule has 1 aromatic heterocycles. The molecule has 2 atom stereocenters. The molecule has 1 saturated carbocycles. The minimum Gasteiger partial charge on any atom is -0.444 e. The van der Waals surface area contributed by atoms with Crippen molar-refractivity contribution in [2.24, 2.45) is 11.8 Å². The Balaban J connectivity index is 1.61. The van der Waals surface area contributed by atoms with E-state index in [2.05, 4.69) is 29.6 Å². The molecule has 116 valence electrons. The fraction of sp³-hybridized carbons (Fsp3) is 0.750. The van der Waals surface area contributed by atoms with E-state index in [1.165, 1.54) is 0 Å². The number of nitrogens with zero attached hydrogens (tertiary/aromatic N) is 3. The molecule has 5 heteroatoms. The van der Waals surface area contributed by atoms with Crippen molar-refractivity contribution in [3.05, 3.63) is 18.2 Å². The Bertz CT molecular complexity index is 532. The molecule has 0 aromatic carbocycles. The maximum atomic E-state index is 12.1. The number of hydrogen-bond donors (Lipinski definition) is 0. The second kappa shape index (κ2) is 4.75. The molecule has 21 heavy (non-hydrogen) atoms. The maximum Gasteiger partial charge on any atom is 0.410 e. The number of ether oxygens (including phenoxy) is 1. The van der Waals surface area contributed by atoms with E-state index >= 15 is 0 Å². The van der Waals surface area contributed by atoms with Gasteiger partial charge < -0.3 is 14.2 Å². The van der Waals surface area contributed by atoms with Crippen LogP contribution in [0.5, 0.6) is 0 Å². The van der Waals surface area contributed by atoms with Crippen LogP contribution in [0.1, 0.15) is 52.4 Å². The van der Waals surface area contributed by atoms with E-state index in [1.807, 2.05) is 31.9 Å². The number of carbonyl (C=O) groups excluding carboxylic acids is 1. The minimum atomic E-state index is -0.418. The standard InChI is InChI=1S/C16H25N3O2/c1-10(2)14-17-6-7-19(14)13-11-8-18(9-12(11)13)15(20)21-16(3,4)5/h6-7,10-13H,8-9H2,1-5H3. The molecule has 1 aromatic rings. The summed E-state index contributed by atoms with van der Waals surface area (Å²) >= 11 is 0. The molecular weight excluding hydrogens is 266 g/mol. The highest BCUT2D eigenvalue weighted by molar-refractivity contribution is 5.69. The van der Waals surface area contributed by atoms with Gasteiger partial charge in [-0.2, -0.15) is 0 Å². The monoisotopic (exact) mass is 291 g/mol. The number of imidazole rings is 1. The Hall–Kier alpha value is -1.52. The van der Waals surface area contributed by atoms with Gasteiger partial charge in [-0.3, -0.25) is 0 Å². The third-order valence-corrected chi connectivity index (χ3v) is 4.34. The first-order valence-corrected chi connectivity index (χ1v) is 7.78. The number of aromatic nitrogens is 2. The van der Waals surface area contributed by atoms with Crippen LogP contribution in [0.2, 0.25) is 0 Å². The topological polar surface area (TPSA) is 47.4 Å². The molecule has 1 saturated heterocycles. The lowest BCUT2D eigenvalue weighted by molar-refractivity contribution is 0.0266. The van der Waals surface area contributed by atoms with Crippen molar-refractivity contribution in [1.82, 2.24) is 14.5 Å². The third-order valence-electron chi connectivity index (χ3n) is 4.34. The largest absolute Gasteiger partial charge is 0.444 e. The maximum absolute atomic E-state index is 12.1. The number of piperidine rings is 1. The van der Waals surface area contributed by atoms with Crippen molar-refractivity contribution in [1.29, 1.82) is 0 Å². The van der Waals surface area contributed by atoms with Gasteiger partial charge in [-0.25, -0.2) is 9.78 Å². The fourth-order valence-corrected chi connectivity index (χ4v) is 3.41. The van der Waals surface area contributed by atoms with Crippen LogP contribution in [-0.4, -0.2) is 39.2 Å². The Labute approximate surface area is 126 Å². The van der Waals surface area contributed by atoms with Gasteiger partial charge in [0.25, 0.3) is 0 Å². The molecule has 1 aliphatic carbocycles. The average molecular weight is 291 g/mol. The number of fused-ring (bicyclic) bond motifs is 1. The van der Waals surface area contributed by atoms with Gasteiger partial charge >= 0.3 is 6.09 Å². The SMILES string of the molecule is CC(C)c1nccn1C1C2CN(C(=O)OC(C)(C)C)CC21. The van der Waals surface area contributed by atoms with E-state index in [1.54, 1.807) is 0 Å². The van der Waals surface area contributed by atoms with Crippen molar-refractivity contribution in [3.63, 3.8) is 0 Å². The molecule has 0 N–H and O–H groups in total. The summed E-state index contributed by atoms with van der Waals surface area (Å²) in [5, 5.41) is 0. The summed E-state index contributed by atoms with van der Waals surface area (Å²) in [6.07, 6.45) is 3.79. The molecule has 3 rings (SSSR count). The van der Waals surface area contributed by atoms with Crippen LogP contribution in [0.25, 0.3) is 0 Å². The van der Waals surface area contributed by atoms with Crippen LogP contribution in [0.4, 0.5) is 4.79 Å². The molecule has 1 aliphatic heterocycles. The zero-order valence-electron chi connectivity index (χ0n) is 13.5. The van der Waals surface area contributed by atoms with Gasteiger partial charge in [0, 0.05) is 49.3 Å². The van der Waals surface area contributed by atoms with Crippen LogP contribution in [0, 0.1) is 11.8 Å². The zero-order chi connectivity index (χ0) is 15.4. The van der Waals surface area contributed by atoms with Gasteiger partial charge in [0.15, 0.2) is 0 Å². The van der Waals surface area contributed by atoms with Gasteiger partial charge in [0.2, 0.25) is 0 Å². The van der Waals surface area contributed by atoms with Crippen molar-refractivity contribution < 1.29 is 9.53 Å². The molecule has 0 radical (unpaired) electrons. The van der Waals surface area contributed by atoms with Gasteiger partial charge in [-0.1, -0.05) is 13.8 Å². The molecule has 5 nitrogen and oxygen atoms in total. The molecule has 1 amide bonds. The van der Waals surface area contributed by atoms with E-state index in [-0.39, 0.29) is 6.09 Å². The number of hydrogen-bond acceptors (Lipinski definition) is 3. The van der Waals surface area contributed by atoms with E-state index in [9.17, 15) is 4.79 Å². The minimum absolute atomic E-state index is 0.178. The molecular formula is C16H25N3O2. The van der Waals surface area contributed by atoms with Crippen LogP contribution in [-0.2, 0) is 4.74 Å². The van der Waals surface area contributed by atoms with Gasteiger partial charge in [-0.05, 0) is 20.8 Å². The first-order valence-electron chi connectivity index (χ1n) is 7.78. The Morgan fingerprint density at radius 1 is 1.33 bits per heavy atom. The number of rotatable bonds is 2. The zero-order valence-corrected chi connectivity index (χ0v) is 13.5. The van der Waals surface area contributed by atoms with Crippen LogP contribution in [0.15, 0.2) is 12.4 Å². The predicted octanol–water partition coefficient (Wildman–Crippen LogP) is 3.04. The third kappa shape index (κ3) is 2.65. The summed E-state index contributed by atoms with van der Waals surface area (Å²) in [5.74, 6) is 2.70. The molecule has 0 spiro atoms. The highest BCUT2D eigenvalue weighted by atomic mass is 16.6. The fourth-order valence-electron chi connectivity index (χ4n) is 3.41. The average Bonchev–Trinajstić information content (AvgIpc) is 2.81. The second-order valence-electron chi connectivity index (χ2n) is 7.55. The second-order valence-corrected chi connectivity index (χ2v) is 7.55. The Kier molecular flexibility index (Phi) is 3.26. The Morgan fingerprint density at radius 3 is 2.48 bits per heavy atom. The molecule has 2 fully saturated rings. The first-order chi connectivity index (χ1) is 9.78. The highest BCUT2D eigenvalue weighted by Crippen LogP contribution is 2.56. The summed E-state index contributed by atoms with van der Waals surface area (Å²) in [5.41, 5.74) is -0.418. The molecule has 2 heterocycles. The van der Waals surface area contributed by atoms with Gasteiger partial charge in [0.1, 0.15) is 11.4 Å². The quantitative estimate of drug-likeness (QED) is 0.841. The van der Waals surface area contributed by atoms with Gasteiger partial charge in [-0.15, -0.1) is 0 Å². The summed E-state index contributed by atoms with van der Waals surface area (Å²) in [6.45, 7) is 11.7. The summed E-state index contributed by atoms with van der Waals surface area (Å²) < 4.78 is 7.76. The van der Waals surface area contributed by atoms with E-state index in [0.29, 0.717) is 23.8 Å². The van der Waals surface area contributed by atoms with E-state index in [0.717, 1.165) is 18.9 Å². The van der Waals surface area contributed by atoms with Gasteiger partial charge in [0.05, 0.1) is 0 Å². The smallest absolute Gasteiger partial charge is 0.410 e. The lowest BCUT2D eigenvalue weighted by Crippen LogP contribution is -2.37. The number of amides is 1. The highest BCUT2D eigenvalue weighted by Gasteiger charge is 2.58. The summed E-state index contributed by atoms with van der Waals surface area (Å²) in [4.78, 5) is 18.4. The van der Waals surface area contributed by atoms with Crippen molar-refractivity contribution in [3.8, 4) is 0 Å². The lowest BCUT2D eigenvalue weighted by Gasteiger charge is -2.26. The van der Waals surface area contributed by atoms with Crippen molar-refractivity contribution in [2.75, 3.05) is 13.1 Å². The van der Waals surface area contributed by atoms with E-state index < -0.39 is 5.60 Å². The summed E-state index contributed by atoms with van der Waals surface area (Å²) in [6, 6.07) is 0.517. The Morgan fingerprint density at radius 2 is 1.95 bits per heavy atom. The van der Waals surface area contributed by atoms with Crippen molar-refractivity contribution in [2.45, 2.75) is 52.2 Å². The lowest BCUT2D eigenvalue weighted by atomic mass is 10.2. The van der Waals surface area contributed by atoms with Crippen LogP contribution >= 0.6 is 0 Å². The van der Waals surface area contributed by atoms with E-state index in [4.69, 9.17) is 4.74 Å².